The van der Waals surface area contributed by atoms with Crippen molar-refractivity contribution in [3.63, 3.8) is 0 Å². The van der Waals surface area contributed by atoms with Gasteiger partial charge in [0.25, 0.3) is 0 Å². The molecule has 0 amide bonds. The van der Waals surface area contributed by atoms with Crippen LogP contribution in [0.5, 0.6) is 0 Å². The number of aromatic nitrogens is 2. The Labute approximate surface area is 108 Å². The lowest BCUT2D eigenvalue weighted by molar-refractivity contribution is 0.109. The minimum absolute atomic E-state index is 0.125. The van der Waals surface area contributed by atoms with E-state index >= 15 is 0 Å². The van der Waals surface area contributed by atoms with Gasteiger partial charge in [0.05, 0.1) is 24.6 Å². The first-order chi connectivity index (χ1) is 9.15. The molecule has 0 spiro atoms. The van der Waals surface area contributed by atoms with E-state index in [-0.39, 0.29) is 5.95 Å². The lowest BCUT2D eigenvalue weighted by Gasteiger charge is -2.18. The van der Waals surface area contributed by atoms with Crippen LogP contribution in [0.1, 0.15) is 11.3 Å². The van der Waals surface area contributed by atoms with Crippen LogP contribution in [-0.4, -0.2) is 16.6 Å². The normalized spacial score (nSPS) is 14.2. The average Bonchev–Trinajstić information content (AvgIpc) is 2.41. The molecule has 19 heavy (non-hydrogen) atoms. The summed E-state index contributed by atoms with van der Waals surface area (Å²) in [7, 11) is 0. The Hall–Kier alpha value is -2.08. The summed E-state index contributed by atoms with van der Waals surface area (Å²) in [5.41, 5.74) is 8.21. The zero-order chi connectivity index (χ0) is 13.4. The van der Waals surface area contributed by atoms with Gasteiger partial charge in [-0.3, -0.25) is 0 Å². The van der Waals surface area contributed by atoms with Gasteiger partial charge in [-0.15, -0.1) is 0 Å². The van der Waals surface area contributed by atoms with Crippen LogP contribution < -0.4 is 5.73 Å². The highest BCUT2D eigenvalue weighted by molar-refractivity contribution is 5.65. The van der Waals surface area contributed by atoms with Crippen LogP contribution in [0.3, 0.4) is 0 Å². The molecule has 2 N–H and O–H groups in total. The highest BCUT2D eigenvalue weighted by Gasteiger charge is 2.19. The Morgan fingerprint density at radius 1 is 1.16 bits per heavy atom. The number of nitrogen functional groups attached to an aromatic ring is 1. The summed E-state index contributed by atoms with van der Waals surface area (Å²) in [6, 6.07) is 3.64. The molecular formula is C13H11F2N3O. The minimum Gasteiger partial charge on any atom is -0.376 e. The van der Waals surface area contributed by atoms with Gasteiger partial charge in [0.1, 0.15) is 0 Å². The summed E-state index contributed by atoms with van der Waals surface area (Å²) < 4.78 is 31.7. The molecule has 1 aromatic carbocycles. The fraction of sp³-hybridized carbons (Fsp3) is 0.231. The Bertz CT molecular complexity index is 646. The van der Waals surface area contributed by atoms with Gasteiger partial charge in [0.2, 0.25) is 5.95 Å². The summed E-state index contributed by atoms with van der Waals surface area (Å²) in [5.74, 6) is -1.68. The molecule has 0 aliphatic carbocycles. The van der Waals surface area contributed by atoms with E-state index in [1.807, 2.05) is 0 Å². The number of halogens is 2. The zero-order valence-corrected chi connectivity index (χ0v) is 9.99. The van der Waals surface area contributed by atoms with Crippen molar-refractivity contribution in [3.05, 3.63) is 41.1 Å². The lowest BCUT2D eigenvalue weighted by Crippen LogP contribution is -2.15. The molecule has 98 valence electrons. The Morgan fingerprint density at radius 2 is 2.00 bits per heavy atom. The van der Waals surface area contributed by atoms with Crippen LogP contribution in [0, 0.1) is 11.6 Å². The molecule has 0 fully saturated rings. The number of nitrogens with zero attached hydrogens (tertiary/aromatic N) is 2. The van der Waals surface area contributed by atoms with Gasteiger partial charge in [0, 0.05) is 17.5 Å². The highest BCUT2D eigenvalue weighted by atomic mass is 19.2. The van der Waals surface area contributed by atoms with Crippen LogP contribution >= 0.6 is 0 Å². The molecule has 0 bridgehead atoms. The van der Waals surface area contributed by atoms with Crippen molar-refractivity contribution in [3.8, 4) is 11.3 Å². The molecule has 1 aromatic heterocycles. The number of benzene rings is 1. The molecule has 4 nitrogen and oxygen atoms in total. The van der Waals surface area contributed by atoms with Crippen molar-refractivity contribution >= 4 is 5.95 Å². The number of anilines is 1. The van der Waals surface area contributed by atoms with E-state index in [4.69, 9.17) is 10.5 Å². The number of ether oxygens (including phenoxy) is 1. The van der Waals surface area contributed by atoms with Crippen LogP contribution in [0.15, 0.2) is 18.2 Å². The van der Waals surface area contributed by atoms with E-state index in [0.717, 1.165) is 23.4 Å². The third-order valence-corrected chi connectivity index (χ3v) is 3.03. The average molecular weight is 263 g/mol. The zero-order valence-electron chi connectivity index (χ0n) is 9.99. The van der Waals surface area contributed by atoms with Crippen molar-refractivity contribution in [2.75, 3.05) is 12.3 Å². The summed E-state index contributed by atoms with van der Waals surface area (Å²) in [6.45, 7) is 0.921. The number of hydrogen-bond acceptors (Lipinski definition) is 4. The van der Waals surface area contributed by atoms with Crippen molar-refractivity contribution in [2.45, 2.75) is 13.0 Å². The minimum atomic E-state index is -0.917. The van der Waals surface area contributed by atoms with Gasteiger partial charge in [-0.25, -0.2) is 18.7 Å². The first-order valence-electron chi connectivity index (χ1n) is 5.83. The summed E-state index contributed by atoms with van der Waals surface area (Å²) in [4.78, 5) is 8.28. The summed E-state index contributed by atoms with van der Waals surface area (Å²) in [5, 5.41) is 0. The van der Waals surface area contributed by atoms with Crippen LogP contribution in [0.4, 0.5) is 14.7 Å². The predicted octanol–water partition coefficient (Wildman–Crippen LogP) is 2.08. The molecular weight excluding hydrogens is 252 g/mol. The summed E-state index contributed by atoms with van der Waals surface area (Å²) >= 11 is 0. The predicted molar refractivity (Wildman–Crippen MR) is 65.2 cm³/mol. The lowest BCUT2D eigenvalue weighted by atomic mass is 10.0. The van der Waals surface area contributed by atoms with Crippen molar-refractivity contribution < 1.29 is 13.5 Å². The van der Waals surface area contributed by atoms with Crippen LogP contribution in [0.2, 0.25) is 0 Å². The quantitative estimate of drug-likeness (QED) is 0.855. The molecule has 1 aliphatic heterocycles. The Morgan fingerprint density at radius 3 is 2.79 bits per heavy atom. The number of fused-ring (bicyclic) bond motifs is 1. The van der Waals surface area contributed by atoms with Gasteiger partial charge in [-0.2, -0.15) is 0 Å². The molecule has 0 radical (unpaired) electrons. The molecule has 2 heterocycles. The van der Waals surface area contributed by atoms with Gasteiger partial charge >= 0.3 is 0 Å². The van der Waals surface area contributed by atoms with E-state index in [1.165, 1.54) is 6.07 Å². The topological polar surface area (TPSA) is 61.0 Å². The van der Waals surface area contributed by atoms with E-state index in [1.54, 1.807) is 0 Å². The van der Waals surface area contributed by atoms with Crippen molar-refractivity contribution in [1.82, 2.24) is 9.97 Å². The molecule has 0 saturated carbocycles. The second-order valence-corrected chi connectivity index (χ2v) is 4.29. The smallest absolute Gasteiger partial charge is 0.220 e. The molecule has 0 unspecified atom stereocenters. The van der Waals surface area contributed by atoms with Gasteiger partial charge in [-0.05, 0) is 18.2 Å². The van der Waals surface area contributed by atoms with Crippen LogP contribution in [-0.2, 0) is 17.8 Å². The van der Waals surface area contributed by atoms with E-state index in [9.17, 15) is 8.78 Å². The summed E-state index contributed by atoms with van der Waals surface area (Å²) in [6.07, 6.45) is 0.638. The molecule has 3 rings (SSSR count). The Kier molecular flexibility index (Phi) is 2.87. The number of rotatable bonds is 1. The first-order valence-corrected chi connectivity index (χ1v) is 5.83. The Balaban J connectivity index is 2.18. The molecule has 6 heteroatoms. The maximum Gasteiger partial charge on any atom is 0.220 e. The van der Waals surface area contributed by atoms with Gasteiger partial charge in [-0.1, -0.05) is 0 Å². The second kappa shape index (κ2) is 4.55. The van der Waals surface area contributed by atoms with Gasteiger partial charge < -0.3 is 10.5 Å². The van der Waals surface area contributed by atoms with Crippen molar-refractivity contribution in [1.29, 1.82) is 0 Å². The maximum absolute atomic E-state index is 13.3. The van der Waals surface area contributed by atoms with E-state index < -0.39 is 11.6 Å². The van der Waals surface area contributed by atoms with Crippen LogP contribution in [0.25, 0.3) is 11.3 Å². The second-order valence-electron chi connectivity index (χ2n) is 4.29. The van der Waals surface area contributed by atoms with Crippen molar-refractivity contribution in [2.24, 2.45) is 0 Å². The third kappa shape index (κ3) is 2.15. The largest absolute Gasteiger partial charge is 0.376 e. The molecule has 2 aromatic rings. The van der Waals surface area contributed by atoms with Gasteiger partial charge in [0.15, 0.2) is 11.6 Å². The van der Waals surface area contributed by atoms with E-state index in [2.05, 4.69) is 9.97 Å². The van der Waals surface area contributed by atoms with E-state index in [0.29, 0.717) is 30.9 Å². The highest BCUT2D eigenvalue weighted by Crippen LogP contribution is 2.28. The molecule has 0 atom stereocenters. The third-order valence-electron chi connectivity index (χ3n) is 3.03. The number of hydrogen-bond donors (Lipinski definition) is 1. The molecule has 0 saturated heterocycles. The molecule has 1 aliphatic rings. The SMILES string of the molecule is Nc1nc2c(c(-c3ccc(F)c(F)c3)n1)COCC2. The fourth-order valence-corrected chi connectivity index (χ4v) is 2.13. The first kappa shape index (κ1) is 12.0. The maximum atomic E-state index is 13.3. The number of nitrogens with two attached hydrogens (primary N) is 1. The fourth-order valence-electron chi connectivity index (χ4n) is 2.13. The standard InChI is InChI=1S/C13H11F2N3O/c14-9-2-1-7(5-10(9)15)12-8-6-19-4-3-11(8)17-13(16)18-12/h1-2,5H,3-4,6H2,(H2,16,17,18). The monoisotopic (exact) mass is 263 g/mol.